The molecule has 0 aliphatic heterocycles. The predicted molar refractivity (Wildman–Crippen MR) is 74.2 cm³/mol. The minimum Gasteiger partial charge on any atom is -0.385 e. The SMILES string of the molecule is Cc1nn(C)c(Cl)c1CC(=O)C(O)C1CCCCC1. The minimum absolute atomic E-state index is 0.122. The van der Waals surface area contributed by atoms with Crippen LogP contribution in [0.4, 0.5) is 0 Å². The van der Waals surface area contributed by atoms with Crippen molar-refractivity contribution in [1.29, 1.82) is 0 Å². The van der Waals surface area contributed by atoms with Gasteiger partial charge in [0, 0.05) is 19.0 Å². The van der Waals surface area contributed by atoms with Gasteiger partial charge in [-0.25, -0.2) is 0 Å². The van der Waals surface area contributed by atoms with Crippen molar-refractivity contribution in [3.63, 3.8) is 0 Å². The molecule has 1 N–H and O–H groups in total. The molecule has 1 fully saturated rings. The Hall–Kier alpha value is -0.870. The van der Waals surface area contributed by atoms with Gasteiger partial charge in [0.15, 0.2) is 5.78 Å². The van der Waals surface area contributed by atoms with E-state index in [9.17, 15) is 9.90 Å². The van der Waals surface area contributed by atoms with E-state index in [1.165, 1.54) is 6.42 Å². The Balaban J connectivity index is 2.03. The summed E-state index contributed by atoms with van der Waals surface area (Å²) < 4.78 is 1.56. The number of rotatable bonds is 4. The maximum Gasteiger partial charge on any atom is 0.166 e. The van der Waals surface area contributed by atoms with E-state index in [0.29, 0.717) is 5.15 Å². The molecule has 1 aliphatic carbocycles. The lowest BCUT2D eigenvalue weighted by molar-refractivity contribution is -0.129. The highest BCUT2D eigenvalue weighted by atomic mass is 35.5. The third kappa shape index (κ3) is 3.18. The molecule has 1 heterocycles. The first-order valence-electron chi connectivity index (χ1n) is 6.89. The molecule has 0 aromatic carbocycles. The number of hydrogen-bond acceptors (Lipinski definition) is 3. The lowest BCUT2D eigenvalue weighted by Crippen LogP contribution is -2.32. The molecule has 1 saturated carbocycles. The van der Waals surface area contributed by atoms with Gasteiger partial charge in [-0.3, -0.25) is 9.48 Å². The lowest BCUT2D eigenvalue weighted by Gasteiger charge is -2.25. The topological polar surface area (TPSA) is 55.1 Å². The van der Waals surface area contributed by atoms with Crippen LogP contribution in [0.5, 0.6) is 0 Å². The average molecular weight is 285 g/mol. The van der Waals surface area contributed by atoms with Gasteiger partial charge in [0.2, 0.25) is 0 Å². The van der Waals surface area contributed by atoms with E-state index in [-0.39, 0.29) is 18.1 Å². The van der Waals surface area contributed by atoms with Gasteiger partial charge < -0.3 is 5.11 Å². The molecule has 4 nitrogen and oxygen atoms in total. The van der Waals surface area contributed by atoms with E-state index in [4.69, 9.17) is 11.6 Å². The second kappa shape index (κ2) is 6.06. The fourth-order valence-electron chi connectivity index (χ4n) is 2.87. The molecule has 0 saturated heterocycles. The molecular formula is C14H21ClN2O2. The molecule has 5 heteroatoms. The summed E-state index contributed by atoms with van der Waals surface area (Å²) in [6, 6.07) is 0. The standard InChI is InChI=1S/C14H21ClN2O2/c1-9-11(14(15)17(2)16-9)8-12(18)13(19)10-6-4-3-5-7-10/h10,13,19H,3-8H2,1-2H3. The summed E-state index contributed by atoms with van der Waals surface area (Å²) in [5.41, 5.74) is 1.50. The second-order valence-electron chi connectivity index (χ2n) is 5.46. The van der Waals surface area contributed by atoms with E-state index >= 15 is 0 Å². The number of aryl methyl sites for hydroxylation is 2. The number of Topliss-reactive ketones (excluding diaryl/α,β-unsaturated/α-hetero) is 1. The van der Waals surface area contributed by atoms with Crippen LogP contribution in [0.3, 0.4) is 0 Å². The molecule has 0 amide bonds. The molecule has 1 unspecified atom stereocenters. The number of aliphatic hydroxyl groups excluding tert-OH is 1. The largest absolute Gasteiger partial charge is 0.385 e. The molecule has 1 aliphatic rings. The Morgan fingerprint density at radius 3 is 2.63 bits per heavy atom. The number of aliphatic hydroxyl groups is 1. The van der Waals surface area contributed by atoms with Gasteiger partial charge in [0.25, 0.3) is 0 Å². The molecule has 106 valence electrons. The van der Waals surface area contributed by atoms with E-state index < -0.39 is 6.10 Å². The molecule has 0 bridgehead atoms. The number of carbonyl (C=O) groups excluding carboxylic acids is 1. The summed E-state index contributed by atoms with van der Waals surface area (Å²) in [7, 11) is 1.75. The highest BCUT2D eigenvalue weighted by molar-refractivity contribution is 6.30. The normalized spacial score (nSPS) is 18.5. The fraction of sp³-hybridized carbons (Fsp3) is 0.714. The zero-order chi connectivity index (χ0) is 14.0. The van der Waals surface area contributed by atoms with E-state index in [2.05, 4.69) is 5.10 Å². The van der Waals surface area contributed by atoms with Gasteiger partial charge >= 0.3 is 0 Å². The summed E-state index contributed by atoms with van der Waals surface area (Å²) in [4.78, 5) is 12.2. The number of aromatic nitrogens is 2. The molecule has 2 rings (SSSR count). The van der Waals surface area contributed by atoms with Crippen LogP contribution >= 0.6 is 11.6 Å². The Morgan fingerprint density at radius 2 is 2.11 bits per heavy atom. The molecular weight excluding hydrogens is 264 g/mol. The first-order chi connectivity index (χ1) is 9.00. The molecule has 1 atom stereocenters. The summed E-state index contributed by atoms with van der Waals surface area (Å²) in [6.45, 7) is 1.83. The van der Waals surface area contributed by atoms with E-state index in [1.807, 2.05) is 6.92 Å². The van der Waals surface area contributed by atoms with Crippen molar-refractivity contribution in [2.24, 2.45) is 13.0 Å². The third-order valence-corrected chi connectivity index (χ3v) is 4.52. The van der Waals surface area contributed by atoms with Crippen LogP contribution in [0.25, 0.3) is 0 Å². The summed E-state index contributed by atoms with van der Waals surface area (Å²) in [5, 5.41) is 14.8. The van der Waals surface area contributed by atoms with Crippen molar-refractivity contribution < 1.29 is 9.90 Å². The maximum atomic E-state index is 12.2. The van der Waals surface area contributed by atoms with Crippen LogP contribution in [-0.2, 0) is 18.3 Å². The lowest BCUT2D eigenvalue weighted by atomic mass is 9.83. The van der Waals surface area contributed by atoms with Gasteiger partial charge in [-0.2, -0.15) is 5.10 Å². The number of carbonyl (C=O) groups is 1. The Kier molecular flexibility index (Phi) is 4.63. The van der Waals surface area contributed by atoms with Crippen LogP contribution in [0.1, 0.15) is 43.4 Å². The number of nitrogens with zero attached hydrogens (tertiary/aromatic N) is 2. The second-order valence-corrected chi connectivity index (χ2v) is 5.82. The number of ketones is 1. The molecule has 0 spiro atoms. The van der Waals surface area contributed by atoms with Gasteiger partial charge in [0.1, 0.15) is 11.3 Å². The molecule has 1 aromatic heterocycles. The monoisotopic (exact) mass is 284 g/mol. The molecule has 0 radical (unpaired) electrons. The first-order valence-corrected chi connectivity index (χ1v) is 7.27. The number of halogens is 1. The van der Waals surface area contributed by atoms with Gasteiger partial charge in [-0.15, -0.1) is 0 Å². The zero-order valence-electron chi connectivity index (χ0n) is 11.5. The summed E-state index contributed by atoms with van der Waals surface area (Å²) >= 11 is 6.12. The Bertz CT molecular complexity index is 464. The smallest absolute Gasteiger partial charge is 0.166 e. The maximum absolute atomic E-state index is 12.2. The Labute approximate surface area is 118 Å². The van der Waals surface area contributed by atoms with Crippen molar-refractivity contribution in [2.45, 2.75) is 51.6 Å². The van der Waals surface area contributed by atoms with Crippen LogP contribution < -0.4 is 0 Å². The predicted octanol–water partition coefficient (Wildman–Crippen LogP) is 2.43. The quantitative estimate of drug-likeness (QED) is 0.924. The summed E-state index contributed by atoms with van der Waals surface area (Å²) in [5.74, 6) is -0.0121. The van der Waals surface area contributed by atoms with E-state index in [0.717, 1.165) is 36.9 Å². The van der Waals surface area contributed by atoms with Crippen molar-refractivity contribution in [3.05, 3.63) is 16.4 Å². The molecule has 19 heavy (non-hydrogen) atoms. The average Bonchev–Trinajstić information content (AvgIpc) is 2.65. The van der Waals surface area contributed by atoms with Crippen molar-refractivity contribution in [3.8, 4) is 0 Å². The van der Waals surface area contributed by atoms with Crippen LogP contribution in [0.15, 0.2) is 0 Å². The summed E-state index contributed by atoms with van der Waals surface area (Å²) in [6.07, 6.45) is 4.67. The van der Waals surface area contributed by atoms with Crippen LogP contribution in [0, 0.1) is 12.8 Å². The van der Waals surface area contributed by atoms with Crippen LogP contribution in [-0.4, -0.2) is 26.8 Å². The zero-order valence-corrected chi connectivity index (χ0v) is 12.3. The first kappa shape index (κ1) is 14.5. The fourth-order valence-corrected chi connectivity index (χ4v) is 3.11. The van der Waals surface area contributed by atoms with Crippen molar-refractivity contribution in [1.82, 2.24) is 9.78 Å². The molecule has 1 aromatic rings. The van der Waals surface area contributed by atoms with Crippen molar-refractivity contribution >= 4 is 17.4 Å². The van der Waals surface area contributed by atoms with Crippen molar-refractivity contribution in [2.75, 3.05) is 0 Å². The van der Waals surface area contributed by atoms with Gasteiger partial charge in [-0.1, -0.05) is 30.9 Å². The Morgan fingerprint density at radius 1 is 1.47 bits per heavy atom. The highest BCUT2D eigenvalue weighted by Crippen LogP contribution is 2.28. The van der Waals surface area contributed by atoms with Gasteiger partial charge in [0.05, 0.1) is 5.69 Å². The third-order valence-electron chi connectivity index (χ3n) is 4.05. The minimum atomic E-state index is -0.851. The van der Waals surface area contributed by atoms with Crippen LogP contribution in [0.2, 0.25) is 5.15 Å². The number of hydrogen-bond donors (Lipinski definition) is 1. The van der Waals surface area contributed by atoms with E-state index in [1.54, 1.807) is 11.7 Å². The highest BCUT2D eigenvalue weighted by Gasteiger charge is 2.28. The van der Waals surface area contributed by atoms with Gasteiger partial charge in [-0.05, 0) is 25.7 Å².